The Balaban J connectivity index is 2.69. The first-order chi connectivity index (χ1) is 7.03. The third-order valence-electron chi connectivity index (χ3n) is 1.71. The lowest BCUT2D eigenvalue weighted by molar-refractivity contribution is 0.587. The molecule has 0 amide bonds. The highest BCUT2D eigenvalue weighted by atomic mass is 32.2. The van der Waals surface area contributed by atoms with Crippen LogP contribution in [0.25, 0.3) is 0 Å². The zero-order chi connectivity index (χ0) is 11.3. The third-order valence-corrected chi connectivity index (χ3v) is 2.80. The number of aryl methyl sites for hydroxylation is 1. The second kappa shape index (κ2) is 5.11. The van der Waals surface area contributed by atoms with Gasteiger partial charge in [-0.3, -0.25) is 4.72 Å². The van der Waals surface area contributed by atoms with Crippen LogP contribution in [0.4, 0.5) is 5.69 Å². The first-order valence-corrected chi connectivity index (χ1v) is 6.06. The molecule has 0 radical (unpaired) electrons. The molecule has 15 heavy (non-hydrogen) atoms. The quantitative estimate of drug-likeness (QED) is 0.674. The van der Waals surface area contributed by atoms with Gasteiger partial charge < -0.3 is 5.73 Å². The van der Waals surface area contributed by atoms with Crippen molar-refractivity contribution in [2.45, 2.75) is 6.92 Å². The Hall–Kier alpha value is -1.11. The summed E-state index contributed by atoms with van der Waals surface area (Å²) >= 11 is 0. The van der Waals surface area contributed by atoms with E-state index in [4.69, 9.17) is 5.73 Å². The number of hydrogen-bond donors (Lipinski definition) is 3. The molecule has 0 saturated carbocycles. The van der Waals surface area contributed by atoms with Crippen molar-refractivity contribution >= 4 is 15.9 Å². The van der Waals surface area contributed by atoms with Crippen LogP contribution in [-0.4, -0.2) is 21.5 Å². The van der Waals surface area contributed by atoms with Crippen LogP contribution in [0, 0.1) is 6.92 Å². The van der Waals surface area contributed by atoms with Gasteiger partial charge in [0.15, 0.2) is 0 Å². The fraction of sp³-hybridized carbons (Fsp3) is 0.333. The van der Waals surface area contributed by atoms with Gasteiger partial charge in [-0.05, 0) is 24.6 Å². The van der Waals surface area contributed by atoms with Gasteiger partial charge in [-0.25, -0.2) is 0 Å². The summed E-state index contributed by atoms with van der Waals surface area (Å²) in [6.45, 7) is 2.39. The van der Waals surface area contributed by atoms with E-state index in [9.17, 15) is 8.42 Å². The molecule has 0 unspecified atom stereocenters. The monoisotopic (exact) mass is 229 g/mol. The van der Waals surface area contributed by atoms with Crippen molar-refractivity contribution in [1.29, 1.82) is 0 Å². The summed E-state index contributed by atoms with van der Waals surface area (Å²) in [5, 5.41) is 0. The lowest BCUT2D eigenvalue weighted by Crippen LogP contribution is -2.33. The molecule has 84 valence electrons. The van der Waals surface area contributed by atoms with Crippen molar-refractivity contribution in [1.82, 2.24) is 4.72 Å². The molecule has 0 fully saturated rings. The van der Waals surface area contributed by atoms with E-state index in [1.165, 1.54) is 0 Å². The molecular weight excluding hydrogens is 214 g/mol. The summed E-state index contributed by atoms with van der Waals surface area (Å²) < 4.78 is 27.5. The number of anilines is 1. The predicted molar refractivity (Wildman–Crippen MR) is 60.8 cm³/mol. The zero-order valence-electron chi connectivity index (χ0n) is 8.53. The topological polar surface area (TPSA) is 84.2 Å². The Bertz CT molecular complexity index is 417. The summed E-state index contributed by atoms with van der Waals surface area (Å²) in [6.07, 6.45) is 0. The van der Waals surface area contributed by atoms with Crippen LogP contribution in [0.3, 0.4) is 0 Å². The molecule has 6 heteroatoms. The van der Waals surface area contributed by atoms with Crippen LogP contribution >= 0.6 is 0 Å². The second-order valence-electron chi connectivity index (χ2n) is 3.16. The van der Waals surface area contributed by atoms with Crippen molar-refractivity contribution in [3.05, 3.63) is 29.8 Å². The summed E-state index contributed by atoms with van der Waals surface area (Å²) in [5.74, 6) is 0. The Morgan fingerprint density at radius 1 is 1.40 bits per heavy atom. The maximum absolute atomic E-state index is 11.4. The standard InChI is InChI=1S/C9H15N3O2S/c1-8-3-2-4-9(7-8)12-15(13,14)11-6-5-10/h2-4,7,11-12H,5-6,10H2,1H3. The number of rotatable bonds is 5. The van der Waals surface area contributed by atoms with Gasteiger partial charge in [-0.2, -0.15) is 13.1 Å². The molecule has 1 aromatic carbocycles. The van der Waals surface area contributed by atoms with Gasteiger partial charge in [0.05, 0.1) is 0 Å². The van der Waals surface area contributed by atoms with Crippen molar-refractivity contribution < 1.29 is 8.42 Å². The van der Waals surface area contributed by atoms with E-state index in [-0.39, 0.29) is 13.1 Å². The van der Waals surface area contributed by atoms with Crippen LogP contribution in [0.2, 0.25) is 0 Å². The van der Waals surface area contributed by atoms with E-state index >= 15 is 0 Å². The molecule has 0 spiro atoms. The summed E-state index contributed by atoms with van der Waals surface area (Å²) in [5.41, 5.74) is 6.73. The van der Waals surface area contributed by atoms with Gasteiger partial charge in [-0.15, -0.1) is 0 Å². The van der Waals surface area contributed by atoms with Crippen molar-refractivity contribution in [3.63, 3.8) is 0 Å². The molecular formula is C9H15N3O2S. The highest BCUT2D eigenvalue weighted by Gasteiger charge is 2.07. The fourth-order valence-corrected chi connectivity index (χ4v) is 1.99. The van der Waals surface area contributed by atoms with E-state index in [2.05, 4.69) is 9.44 Å². The molecule has 0 aromatic heterocycles. The Morgan fingerprint density at radius 2 is 2.13 bits per heavy atom. The first kappa shape index (κ1) is 12.0. The fourth-order valence-electron chi connectivity index (χ4n) is 1.09. The summed E-state index contributed by atoms with van der Waals surface area (Å²) in [6, 6.07) is 7.12. The van der Waals surface area contributed by atoms with Gasteiger partial charge in [0.25, 0.3) is 10.2 Å². The molecule has 0 heterocycles. The minimum absolute atomic E-state index is 0.223. The summed E-state index contributed by atoms with van der Waals surface area (Å²) in [7, 11) is -3.49. The maximum Gasteiger partial charge on any atom is 0.299 e. The largest absolute Gasteiger partial charge is 0.329 e. The van der Waals surface area contributed by atoms with E-state index < -0.39 is 10.2 Å². The average Bonchev–Trinajstić information content (AvgIpc) is 2.14. The van der Waals surface area contributed by atoms with E-state index in [1.54, 1.807) is 18.2 Å². The van der Waals surface area contributed by atoms with E-state index in [1.807, 2.05) is 13.0 Å². The highest BCUT2D eigenvalue weighted by Crippen LogP contribution is 2.10. The molecule has 5 nitrogen and oxygen atoms in total. The van der Waals surface area contributed by atoms with Gasteiger partial charge in [0.2, 0.25) is 0 Å². The van der Waals surface area contributed by atoms with E-state index in [0.29, 0.717) is 5.69 Å². The Kier molecular flexibility index (Phi) is 4.07. The SMILES string of the molecule is Cc1cccc(NS(=O)(=O)NCCN)c1. The Labute approximate surface area is 89.9 Å². The minimum Gasteiger partial charge on any atom is -0.329 e. The lowest BCUT2D eigenvalue weighted by Gasteiger charge is -2.08. The molecule has 0 saturated heterocycles. The molecule has 0 aliphatic carbocycles. The molecule has 0 aliphatic rings. The average molecular weight is 229 g/mol. The number of nitrogens with one attached hydrogen (secondary N) is 2. The van der Waals surface area contributed by atoms with Crippen LogP contribution in [0.5, 0.6) is 0 Å². The van der Waals surface area contributed by atoms with Gasteiger partial charge >= 0.3 is 0 Å². The molecule has 0 atom stereocenters. The van der Waals surface area contributed by atoms with Crippen molar-refractivity contribution in [2.24, 2.45) is 5.73 Å². The highest BCUT2D eigenvalue weighted by molar-refractivity contribution is 7.90. The van der Waals surface area contributed by atoms with Crippen LogP contribution < -0.4 is 15.2 Å². The van der Waals surface area contributed by atoms with Crippen molar-refractivity contribution in [2.75, 3.05) is 17.8 Å². The molecule has 0 aliphatic heterocycles. The first-order valence-electron chi connectivity index (χ1n) is 4.57. The van der Waals surface area contributed by atoms with Gasteiger partial charge in [-0.1, -0.05) is 12.1 Å². The number of hydrogen-bond acceptors (Lipinski definition) is 3. The second-order valence-corrected chi connectivity index (χ2v) is 4.66. The van der Waals surface area contributed by atoms with Gasteiger partial charge in [0, 0.05) is 18.8 Å². The molecule has 4 N–H and O–H groups in total. The van der Waals surface area contributed by atoms with Crippen LogP contribution in [0.1, 0.15) is 5.56 Å². The number of nitrogens with two attached hydrogens (primary N) is 1. The predicted octanol–water partition coefficient (Wildman–Crippen LogP) is 0.200. The maximum atomic E-state index is 11.4. The zero-order valence-corrected chi connectivity index (χ0v) is 9.34. The van der Waals surface area contributed by atoms with E-state index in [0.717, 1.165) is 5.56 Å². The molecule has 1 rings (SSSR count). The minimum atomic E-state index is -3.49. The van der Waals surface area contributed by atoms with Crippen LogP contribution in [0.15, 0.2) is 24.3 Å². The lowest BCUT2D eigenvalue weighted by atomic mass is 10.2. The Morgan fingerprint density at radius 3 is 2.73 bits per heavy atom. The van der Waals surface area contributed by atoms with Gasteiger partial charge in [0.1, 0.15) is 0 Å². The molecule has 0 bridgehead atoms. The number of benzene rings is 1. The smallest absolute Gasteiger partial charge is 0.299 e. The third kappa shape index (κ3) is 4.28. The van der Waals surface area contributed by atoms with Crippen molar-refractivity contribution in [3.8, 4) is 0 Å². The molecule has 1 aromatic rings. The van der Waals surface area contributed by atoms with Crippen LogP contribution in [-0.2, 0) is 10.2 Å². The summed E-state index contributed by atoms with van der Waals surface area (Å²) in [4.78, 5) is 0. The normalized spacial score (nSPS) is 11.3.